The first kappa shape index (κ1) is 14.3. The molecule has 1 atom stereocenters. The van der Waals surface area contributed by atoms with Crippen molar-refractivity contribution in [2.45, 2.75) is 20.3 Å². The van der Waals surface area contributed by atoms with E-state index in [9.17, 15) is 4.79 Å². The summed E-state index contributed by atoms with van der Waals surface area (Å²) in [4.78, 5) is 12.1. The molecule has 1 unspecified atom stereocenters. The lowest BCUT2D eigenvalue weighted by molar-refractivity contribution is -0.151. The van der Waals surface area contributed by atoms with Gasteiger partial charge in [-0.2, -0.15) is 0 Å². The maximum atomic E-state index is 12.1. The topological polar surface area (TPSA) is 26.3 Å². The van der Waals surface area contributed by atoms with Crippen LogP contribution < -0.4 is 0 Å². The zero-order valence-electron chi connectivity index (χ0n) is 12.1. The lowest BCUT2D eigenvalue weighted by atomic mass is 9.82. The van der Waals surface area contributed by atoms with Crippen LogP contribution in [0.2, 0.25) is 0 Å². The minimum Gasteiger partial charge on any atom is -0.465 e. The number of hydrogen-bond acceptors (Lipinski definition) is 2. The van der Waals surface area contributed by atoms with Gasteiger partial charge in [-0.1, -0.05) is 48.5 Å². The molecule has 2 heteroatoms. The maximum Gasteiger partial charge on any atom is 0.315 e. The number of carbonyl (C=O) groups is 1. The first-order valence-electron chi connectivity index (χ1n) is 6.88. The molecule has 0 aromatic heterocycles. The van der Waals surface area contributed by atoms with Gasteiger partial charge in [0.2, 0.25) is 0 Å². The Hall–Kier alpha value is -2.09. The Balaban J connectivity index is 2.39. The molecule has 0 fully saturated rings. The number of benzene rings is 2. The summed E-state index contributed by atoms with van der Waals surface area (Å²) in [6, 6.07) is 14.4. The highest BCUT2D eigenvalue weighted by molar-refractivity contribution is 5.87. The van der Waals surface area contributed by atoms with Crippen LogP contribution in [-0.4, -0.2) is 12.6 Å². The Bertz CT molecular complexity index is 625. The molecule has 0 heterocycles. The minimum absolute atomic E-state index is 0.220. The molecule has 0 saturated heterocycles. The van der Waals surface area contributed by atoms with E-state index < -0.39 is 5.41 Å². The summed E-state index contributed by atoms with van der Waals surface area (Å²) in [5.74, 6) is -0.220. The van der Waals surface area contributed by atoms with Crippen molar-refractivity contribution in [3.63, 3.8) is 0 Å². The number of fused-ring (bicyclic) bond motifs is 1. The van der Waals surface area contributed by atoms with Gasteiger partial charge >= 0.3 is 5.97 Å². The van der Waals surface area contributed by atoms with Gasteiger partial charge in [0.1, 0.15) is 0 Å². The van der Waals surface area contributed by atoms with Gasteiger partial charge in [-0.3, -0.25) is 4.79 Å². The molecule has 20 heavy (non-hydrogen) atoms. The van der Waals surface area contributed by atoms with Gasteiger partial charge in [0.05, 0.1) is 12.0 Å². The zero-order chi connectivity index (χ0) is 14.6. The average molecular weight is 268 g/mol. The van der Waals surface area contributed by atoms with Crippen molar-refractivity contribution in [2.75, 3.05) is 6.61 Å². The third-order valence-corrected chi connectivity index (χ3v) is 3.63. The number of ether oxygens (including phenoxy) is 1. The molecular weight excluding hydrogens is 248 g/mol. The number of hydrogen-bond donors (Lipinski definition) is 0. The predicted octanol–water partition coefficient (Wildman–Crippen LogP) is 4.14. The first-order chi connectivity index (χ1) is 9.60. The molecule has 2 nitrogen and oxygen atoms in total. The molecule has 0 aliphatic rings. The lowest BCUT2D eigenvalue weighted by Crippen LogP contribution is -2.30. The minimum atomic E-state index is -0.694. The van der Waals surface area contributed by atoms with Gasteiger partial charge in [0, 0.05) is 0 Å². The summed E-state index contributed by atoms with van der Waals surface area (Å²) in [5.41, 5.74) is 0.443. The predicted molar refractivity (Wildman–Crippen MR) is 82.6 cm³/mol. The molecule has 2 aromatic rings. The van der Waals surface area contributed by atoms with E-state index in [1.807, 2.05) is 32.0 Å². The monoisotopic (exact) mass is 268 g/mol. The molecule has 0 aliphatic carbocycles. The average Bonchev–Trinajstić information content (AvgIpc) is 2.48. The third-order valence-electron chi connectivity index (χ3n) is 3.63. The second-order valence-corrected chi connectivity index (χ2v) is 5.16. The van der Waals surface area contributed by atoms with E-state index in [0.717, 1.165) is 5.56 Å². The molecule has 0 amide bonds. The first-order valence-corrected chi connectivity index (χ1v) is 6.88. The quantitative estimate of drug-likeness (QED) is 0.602. The third kappa shape index (κ3) is 2.74. The molecule has 0 N–H and O–H groups in total. The van der Waals surface area contributed by atoms with Gasteiger partial charge in [-0.25, -0.2) is 0 Å². The second-order valence-electron chi connectivity index (χ2n) is 5.16. The van der Waals surface area contributed by atoms with Gasteiger partial charge in [0.25, 0.3) is 0 Å². The zero-order valence-corrected chi connectivity index (χ0v) is 12.1. The highest BCUT2D eigenvalue weighted by Gasteiger charge is 2.32. The van der Waals surface area contributed by atoms with E-state index in [0.29, 0.717) is 13.0 Å². The van der Waals surface area contributed by atoms with Crippen molar-refractivity contribution in [1.29, 1.82) is 0 Å². The normalized spacial score (nSPS) is 13.7. The van der Waals surface area contributed by atoms with E-state index in [4.69, 9.17) is 4.74 Å². The van der Waals surface area contributed by atoms with Crippen LogP contribution in [0, 0.1) is 5.41 Å². The molecule has 2 aromatic carbocycles. The van der Waals surface area contributed by atoms with Crippen molar-refractivity contribution >= 4 is 16.7 Å². The van der Waals surface area contributed by atoms with Crippen LogP contribution in [0.25, 0.3) is 10.8 Å². The largest absolute Gasteiger partial charge is 0.465 e. The Morgan fingerprint density at radius 2 is 1.95 bits per heavy atom. The van der Waals surface area contributed by atoms with Gasteiger partial charge in [-0.05, 0) is 36.6 Å². The summed E-state index contributed by atoms with van der Waals surface area (Å²) >= 11 is 0. The maximum absolute atomic E-state index is 12.1. The lowest BCUT2D eigenvalue weighted by Gasteiger charge is -2.24. The molecule has 0 radical (unpaired) electrons. The van der Waals surface area contributed by atoms with Crippen molar-refractivity contribution in [3.05, 3.63) is 60.7 Å². The van der Waals surface area contributed by atoms with Crippen LogP contribution in [0.3, 0.4) is 0 Å². The van der Waals surface area contributed by atoms with Crippen LogP contribution in [-0.2, 0) is 16.0 Å². The summed E-state index contributed by atoms with van der Waals surface area (Å²) in [6.45, 7) is 7.89. The van der Waals surface area contributed by atoms with Crippen LogP contribution in [0.5, 0.6) is 0 Å². The van der Waals surface area contributed by atoms with E-state index in [2.05, 4.69) is 30.8 Å². The fourth-order valence-electron chi connectivity index (χ4n) is 2.37. The summed E-state index contributed by atoms with van der Waals surface area (Å²) in [5, 5.41) is 2.35. The number of rotatable bonds is 5. The van der Waals surface area contributed by atoms with Gasteiger partial charge < -0.3 is 4.74 Å². The van der Waals surface area contributed by atoms with Crippen molar-refractivity contribution in [3.8, 4) is 0 Å². The van der Waals surface area contributed by atoms with E-state index in [1.54, 1.807) is 6.08 Å². The Morgan fingerprint density at radius 3 is 2.65 bits per heavy atom. The smallest absolute Gasteiger partial charge is 0.315 e. The van der Waals surface area contributed by atoms with Crippen molar-refractivity contribution in [2.24, 2.45) is 5.41 Å². The molecular formula is C18H20O2. The highest BCUT2D eigenvalue weighted by Crippen LogP contribution is 2.29. The molecule has 0 saturated carbocycles. The van der Waals surface area contributed by atoms with Crippen molar-refractivity contribution < 1.29 is 9.53 Å². The fraction of sp³-hybridized carbons (Fsp3) is 0.278. The number of carbonyl (C=O) groups excluding carboxylic acids is 1. The molecule has 104 valence electrons. The van der Waals surface area contributed by atoms with Crippen LogP contribution in [0.1, 0.15) is 19.4 Å². The van der Waals surface area contributed by atoms with Crippen LogP contribution >= 0.6 is 0 Å². The van der Waals surface area contributed by atoms with Gasteiger partial charge in [0.15, 0.2) is 0 Å². The number of esters is 1. The molecule has 0 aliphatic heterocycles. The fourth-order valence-corrected chi connectivity index (χ4v) is 2.37. The molecule has 0 spiro atoms. The van der Waals surface area contributed by atoms with Crippen LogP contribution in [0.15, 0.2) is 55.1 Å². The van der Waals surface area contributed by atoms with E-state index in [1.165, 1.54) is 10.8 Å². The Morgan fingerprint density at radius 1 is 1.25 bits per heavy atom. The Kier molecular flexibility index (Phi) is 4.23. The second kappa shape index (κ2) is 5.91. The van der Waals surface area contributed by atoms with E-state index >= 15 is 0 Å². The Labute approximate surface area is 120 Å². The van der Waals surface area contributed by atoms with Gasteiger partial charge in [-0.15, -0.1) is 6.58 Å². The summed E-state index contributed by atoms with van der Waals surface area (Å²) in [6.07, 6.45) is 2.28. The van der Waals surface area contributed by atoms with Crippen molar-refractivity contribution in [1.82, 2.24) is 0 Å². The SMILES string of the molecule is C=CC(C)(Cc1cccc2ccccc12)C(=O)OCC. The van der Waals surface area contributed by atoms with E-state index in [-0.39, 0.29) is 5.97 Å². The molecule has 2 rings (SSSR count). The van der Waals surface area contributed by atoms with Crippen LogP contribution in [0.4, 0.5) is 0 Å². The standard InChI is InChI=1S/C18H20O2/c1-4-18(3,17(19)20-5-2)13-15-11-8-10-14-9-6-7-12-16(14)15/h4,6-12H,1,5,13H2,2-3H3. The molecule has 0 bridgehead atoms. The highest BCUT2D eigenvalue weighted by atomic mass is 16.5. The summed E-state index contributed by atoms with van der Waals surface area (Å²) < 4.78 is 5.17. The summed E-state index contributed by atoms with van der Waals surface area (Å²) in [7, 11) is 0.